The molecule has 0 aliphatic carbocycles. The minimum absolute atomic E-state index is 0.265. The van der Waals surface area contributed by atoms with E-state index >= 15 is 0 Å². The average Bonchev–Trinajstić information content (AvgIpc) is 2.34. The van der Waals surface area contributed by atoms with E-state index in [0.29, 0.717) is 6.61 Å². The van der Waals surface area contributed by atoms with Crippen molar-refractivity contribution in [1.82, 2.24) is 0 Å². The highest BCUT2D eigenvalue weighted by Crippen LogP contribution is 2.24. The van der Waals surface area contributed by atoms with Crippen LogP contribution >= 0.6 is 0 Å². The van der Waals surface area contributed by atoms with E-state index in [1.807, 2.05) is 0 Å². The molecule has 0 N–H and O–H groups in total. The van der Waals surface area contributed by atoms with Crippen molar-refractivity contribution in [3.05, 3.63) is 58.7 Å². The lowest BCUT2D eigenvalue weighted by atomic mass is 10.1. The van der Waals surface area contributed by atoms with Crippen molar-refractivity contribution in [1.29, 1.82) is 0 Å². The summed E-state index contributed by atoms with van der Waals surface area (Å²) in [5, 5.41) is 0. The highest BCUT2D eigenvalue weighted by atomic mass is 16.5. The average molecular weight is 312 g/mol. The molecule has 0 aliphatic rings. The summed E-state index contributed by atoms with van der Waals surface area (Å²) in [7, 11) is 0. The normalized spacial score (nSPS) is 11.4. The smallest absolute Gasteiger partial charge is 0.120 e. The molecule has 124 valence electrons. The van der Waals surface area contributed by atoms with E-state index < -0.39 is 0 Å². The van der Waals surface area contributed by atoms with Gasteiger partial charge in [0, 0.05) is 6.42 Å². The monoisotopic (exact) mass is 312 g/mol. The van der Waals surface area contributed by atoms with Gasteiger partial charge in [0.2, 0.25) is 0 Å². The summed E-state index contributed by atoms with van der Waals surface area (Å²) < 4.78 is 12.1. The Bertz CT molecular complexity index is 631. The lowest BCUT2D eigenvalue weighted by Crippen LogP contribution is -2.30. The molecule has 2 aromatic rings. The second-order valence-corrected chi connectivity index (χ2v) is 7.11. The van der Waals surface area contributed by atoms with Crippen molar-refractivity contribution in [3.63, 3.8) is 0 Å². The molecule has 23 heavy (non-hydrogen) atoms. The summed E-state index contributed by atoms with van der Waals surface area (Å²) in [6.45, 7) is 13.2. The number of aryl methyl sites for hydroxylation is 4. The van der Waals surface area contributed by atoms with Crippen LogP contribution in [-0.4, -0.2) is 12.2 Å². The highest BCUT2D eigenvalue weighted by Gasteiger charge is 2.20. The quantitative estimate of drug-likeness (QED) is 0.696. The Labute approximate surface area is 140 Å². The predicted octanol–water partition coefficient (Wildman–Crippen LogP) is 5.55. The topological polar surface area (TPSA) is 18.5 Å². The minimum Gasteiger partial charge on any atom is -0.493 e. The highest BCUT2D eigenvalue weighted by molar-refractivity contribution is 5.34. The van der Waals surface area contributed by atoms with Gasteiger partial charge in [0.25, 0.3) is 0 Å². The number of hydrogen-bond acceptors (Lipinski definition) is 2. The molecular formula is C21H28O2. The summed E-state index contributed by atoms with van der Waals surface area (Å²) in [6, 6.07) is 12.6. The van der Waals surface area contributed by atoms with Crippen LogP contribution in [0.3, 0.4) is 0 Å². The van der Waals surface area contributed by atoms with Gasteiger partial charge in [-0.25, -0.2) is 0 Å². The van der Waals surface area contributed by atoms with Gasteiger partial charge in [-0.1, -0.05) is 12.1 Å². The van der Waals surface area contributed by atoms with Crippen LogP contribution in [0.2, 0.25) is 0 Å². The second kappa shape index (κ2) is 7.08. The van der Waals surface area contributed by atoms with Gasteiger partial charge < -0.3 is 9.47 Å². The third-order valence-electron chi connectivity index (χ3n) is 3.76. The van der Waals surface area contributed by atoms with Crippen LogP contribution < -0.4 is 9.47 Å². The van der Waals surface area contributed by atoms with Crippen molar-refractivity contribution in [3.8, 4) is 11.5 Å². The van der Waals surface area contributed by atoms with E-state index in [1.165, 1.54) is 22.3 Å². The molecule has 0 aromatic heterocycles. The Balaban J connectivity index is 1.93. The molecule has 0 heterocycles. The van der Waals surface area contributed by atoms with E-state index in [4.69, 9.17) is 9.47 Å². The standard InChI is InChI=1S/C21H28O2/c1-15-9-16(2)12-19(11-15)22-8-7-21(5,6)23-20-13-17(3)10-18(4)14-20/h9-14H,7-8H2,1-6H3. The van der Waals surface area contributed by atoms with Crippen molar-refractivity contribution in [2.45, 2.75) is 53.6 Å². The largest absolute Gasteiger partial charge is 0.493 e. The Morgan fingerprint density at radius 2 is 1.13 bits per heavy atom. The molecule has 0 saturated heterocycles. The maximum absolute atomic E-state index is 6.17. The van der Waals surface area contributed by atoms with E-state index in [9.17, 15) is 0 Å². The SMILES string of the molecule is Cc1cc(C)cc(OCCC(C)(C)Oc2cc(C)cc(C)c2)c1. The minimum atomic E-state index is -0.265. The molecular weight excluding hydrogens is 284 g/mol. The molecule has 0 atom stereocenters. The van der Waals surface area contributed by atoms with Crippen molar-refractivity contribution >= 4 is 0 Å². The van der Waals surface area contributed by atoms with E-state index in [0.717, 1.165) is 17.9 Å². The van der Waals surface area contributed by atoms with Gasteiger partial charge >= 0.3 is 0 Å². The number of rotatable bonds is 6. The van der Waals surface area contributed by atoms with E-state index in [2.05, 4.69) is 77.9 Å². The lowest BCUT2D eigenvalue weighted by molar-refractivity contribution is 0.0809. The second-order valence-electron chi connectivity index (χ2n) is 7.11. The third kappa shape index (κ3) is 5.63. The Hall–Kier alpha value is -1.96. The van der Waals surface area contributed by atoms with Crippen LogP contribution in [-0.2, 0) is 0 Å². The fourth-order valence-electron chi connectivity index (χ4n) is 2.79. The van der Waals surface area contributed by atoms with Gasteiger partial charge in [0.15, 0.2) is 0 Å². The number of hydrogen-bond donors (Lipinski definition) is 0. The Morgan fingerprint density at radius 3 is 1.61 bits per heavy atom. The van der Waals surface area contributed by atoms with Crippen LogP contribution in [0.25, 0.3) is 0 Å². The van der Waals surface area contributed by atoms with Crippen LogP contribution in [0.5, 0.6) is 11.5 Å². The number of benzene rings is 2. The van der Waals surface area contributed by atoms with Crippen LogP contribution in [0.1, 0.15) is 42.5 Å². The zero-order valence-electron chi connectivity index (χ0n) is 15.2. The predicted molar refractivity (Wildman–Crippen MR) is 96.7 cm³/mol. The Morgan fingerprint density at radius 1 is 0.696 bits per heavy atom. The summed E-state index contributed by atoms with van der Waals surface area (Å²) >= 11 is 0. The van der Waals surface area contributed by atoms with Gasteiger partial charge in [-0.3, -0.25) is 0 Å². The molecule has 0 radical (unpaired) electrons. The van der Waals surface area contributed by atoms with Crippen molar-refractivity contribution in [2.75, 3.05) is 6.61 Å². The van der Waals surface area contributed by atoms with E-state index in [1.54, 1.807) is 0 Å². The van der Waals surface area contributed by atoms with Crippen molar-refractivity contribution < 1.29 is 9.47 Å². The summed E-state index contributed by atoms with van der Waals surface area (Å²) in [5.41, 5.74) is 4.64. The summed E-state index contributed by atoms with van der Waals surface area (Å²) in [4.78, 5) is 0. The lowest BCUT2D eigenvalue weighted by Gasteiger charge is -2.27. The molecule has 2 rings (SSSR count). The van der Waals surface area contributed by atoms with Crippen LogP contribution in [0, 0.1) is 27.7 Å². The molecule has 0 aliphatic heterocycles. The molecule has 0 fully saturated rings. The number of ether oxygens (including phenoxy) is 2. The third-order valence-corrected chi connectivity index (χ3v) is 3.76. The first-order valence-electron chi connectivity index (χ1n) is 8.22. The van der Waals surface area contributed by atoms with Gasteiger partial charge in [0.1, 0.15) is 17.1 Å². The molecule has 0 amide bonds. The first kappa shape index (κ1) is 17.4. The zero-order chi connectivity index (χ0) is 17.0. The molecule has 0 saturated carbocycles. The molecule has 0 unspecified atom stereocenters. The summed E-state index contributed by atoms with van der Waals surface area (Å²) in [6.07, 6.45) is 0.826. The van der Waals surface area contributed by atoms with E-state index in [-0.39, 0.29) is 5.60 Å². The van der Waals surface area contributed by atoms with Crippen molar-refractivity contribution in [2.24, 2.45) is 0 Å². The van der Waals surface area contributed by atoms with Gasteiger partial charge in [-0.15, -0.1) is 0 Å². The fourth-order valence-corrected chi connectivity index (χ4v) is 2.79. The first-order chi connectivity index (χ1) is 10.7. The molecule has 0 spiro atoms. The van der Waals surface area contributed by atoms with Gasteiger partial charge in [-0.05, 0) is 88.1 Å². The summed E-state index contributed by atoms with van der Waals surface area (Å²) in [5.74, 6) is 1.86. The molecule has 2 heteroatoms. The van der Waals surface area contributed by atoms with Gasteiger partial charge in [-0.2, -0.15) is 0 Å². The molecule has 2 nitrogen and oxygen atoms in total. The van der Waals surface area contributed by atoms with Gasteiger partial charge in [0.05, 0.1) is 6.61 Å². The van der Waals surface area contributed by atoms with Crippen LogP contribution in [0.15, 0.2) is 36.4 Å². The maximum Gasteiger partial charge on any atom is 0.120 e. The first-order valence-corrected chi connectivity index (χ1v) is 8.22. The fraction of sp³-hybridized carbons (Fsp3) is 0.429. The molecule has 0 bridgehead atoms. The molecule has 2 aromatic carbocycles. The Kier molecular flexibility index (Phi) is 5.35. The van der Waals surface area contributed by atoms with Crippen LogP contribution in [0.4, 0.5) is 0 Å². The zero-order valence-corrected chi connectivity index (χ0v) is 15.2. The maximum atomic E-state index is 6.17.